The van der Waals surface area contributed by atoms with Crippen LogP contribution in [0.4, 0.5) is 0 Å². The standard InChI is InChI=1S/C10H19N3O3S/c14-8-1-2-9-17(15,16)12-4-3-6-13-7-5-11-10-13/h5,7,10,12,14H,1-4,6,8-9H2. The van der Waals surface area contributed by atoms with Crippen molar-refractivity contribution in [1.82, 2.24) is 14.3 Å². The first-order valence-electron chi connectivity index (χ1n) is 5.68. The molecule has 6 nitrogen and oxygen atoms in total. The molecule has 0 saturated heterocycles. The highest BCUT2D eigenvalue weighted by molar-refractivity contribution is 7.89. The second-order valence-corrected chi connectivity index (χ2v) is 5.72. The molecule has 98 valence electrons. The fraction of sp³-hybridized carbons (Fsp3) is 0.700. The number of nitrogens with zero attached hydrogens (tertiary/aromatic N) is 2. The van der Waals surface area contributed by atoms with Crippen LogP contribution in [0.5, 0.6) is 0 Å². The number of aliphatic hydroxyl groups is 1. The zero-order valence-electron chi connectivity index (χ0n) is 9.75. The van der Waals surface area contributed by atoms with Gasteiger partial charge in [0.1, 0.15) is 0 Å². The lowest BCUT2D eigenvalue weighted by Gasteiger charge is -2.06. The fourth-order valence-electron chi connectivity index (χ4n) is 1.38. The molecule has 0 fully saturated rings. The molecule has 2 N–H and O–H groups in total. The summed E-state index contributed by atoms with van der Waals surface area (Å²) in [5.41, 5.74) is 0. The molecular weight excluding hydrogens is 242 g/mol. The third-order valence-corrected chi connectivity index (χ3v) is 3.77. The van der Waals surface area contributed by atoms with Crippen LogP contribution in [0, 0.1) is 0 Å². The Hall–Kier alpha value is -0.920. The molecule has 0 aliphatic carbocycles. The Morgan fingerprint density at radius 2 is 2.12 bits per heavy atom. The maximum absolute atomic E-state index is 11.5. The van der Waals surface area contributed by atoms with E-state index in [-0.39, 0.29) is 12.4 Å². The molecule has 7 heteroatoms. The molecule has 0 saturated carbocycles. The van der Waals surface area contributed by atoms with E-state index in [0.717, 1.165) is 13.0 Å². The molecule has 0 spiro atoms. The molecule has 1 rings (SSSR count). The van der Waals surface area contributed by atoms with E-state index in [2.05, 4.69) is 9.71 Å². The van der Waals surface area contributed by atoms with Crippen molar-refractivity contribution in [3.63, 3.8) is 0 Å². The van der Waals surface area contributed by atoms with E-state index < -0.39 is 10.0 Å². The first kappa shape index (κ1) is 14.1. The Bertz CT molecular complexity index is 389. The molecule has 0 atom stereocenters. The van der Waals surface area contributed by atoms with Crippen LogP contribution >= 0.6 is 0 Å². The number of aromatic nitrogens is 2. The number of hydrogen-bond donors (Lipinski definition) is 2. The lowest BCUT2D eigenvalue weighted by molar-refractivity contribution is 0.287. The number of imidazole rings is 1. The summed E-state index contributed by atoms with van der Waals surface area (Å²) < 4.78 is 27.3. The van der Waals surface area contributed by atoms with E-state index in [0.29, 0.717) is 19.4 Å². The lowest BCUT2D eigenvalue weighted by Crippen LogP contribution is -2.28. The quantitative estimate of drug-likeness (QED) is 0.611. The lowest BCUT2D eigenvalue weighted by atomic mass is 10.4. The fourth-order valence-corrected chi connectivity index (χ4v) is 2.57. The highest BCUT2D eigenvalue weighted by Crippen LogP contribution is 1.95. The largest absolute Gasteiger partial charge is 0.396 e. The van der Waals surface area contributed by atoms with Crippen molar-refractivity contribution < 1.29 is 13.5 Å². The highest BCUT2D eigenvalue weighted by Gasteiger charge is 2.08. The number of unbranched alkanes of at least 4 members (excludes halogenated alkanes) is 1. The van der Waals surface area contributed by atoms with Crippen molar-refractivity contribution in [3.05, 3.63) is 18.7 Å². The molecule has 1 aromatic heterocycles. The number of sulfonamides is 1. The Morgan fingerprint density at radius 3 is 2.76 bits per heavy atom. The van der Waals surface area contributed by atoms with Gasteiger partial charge in [0.15, 0.2) is 0 Å². The third kappa shape index (κ3) is 6.40. The van der Waals surface area contributed by atoms with E-state index >= 15 is 0 Å². The smallest absolute Gasteiger partial charge is 0.211 e. The molecule has 0 aromatic carbocycles. The minimum atomic E-state index is -3.18. The van der Waals surface area contributed by atoms with E-state index in [1.54, 1.807) is 12.5 Å². The SMILES string of the molecule is O=S(=O)(CCCCO)NCCCn1ccnc1. The first-order valence-corrected chi connectivity index (χ1v) is 7.33. The summed E-state index contributed by atoms with van der Waals surface area (Å²) >= 11 is 0. The summed E-state index contributed by atoms with van der Waals surface area (Å²) in [5.74, 6) is 0.0820. The van der Waals surface area contributed by atoms with Gasteiger partial charge in [0.25, 0.3) is 0 Å². The van der Waals surface area contributed by atoms with Gasteiger partial charge in [-0.15, -0.1) is 0 Å². The zero-order chi connectivity index (χ0) is 12.6. The minimum Gasteiger partial charge on any atom is -0.396 e. The predicted molar refractivity (Wildman–Crippen MR) is 65.0 cm³/mol. The van der Waals surface area contributed by atoms with E-state index in [9.17, 15) is 8.42 Å². The molecule has 1 aromatic rings. The summed E-state index contributed by atoms with van der Waals surface area (Å²) in [6.45, 7) is 1.22. The highest BCUT2D eigenvalue weighted by atomic mass is 32.2. The molecule has 0 radical (unpaired) electrons. The summed E-state index contributed by atoms with van der Waals surface area (Å²) in [6, 6.07) is 0. The topological polar surface area (TPSA) is 84.2 Å². The maximum Gasteiger partial charge on any atom is 0.211 e. The Labute approximate surface area is 102 Å². The first-order chi connectivity index (χ1) is 8.14. The van der Waals surface area contributed by atoms with Gasteiger partial charge in [0.05, 0.1) is 12.1 Å². The van der Waals surface area contributed by atoms with Gasteiger partial charge in [-0.3, -0.25) is 0 Å². The van der Waals surface area contributed by atoms with Crippen LogP contribution in [0.1, 0.15) is 19.3 Å². The van der Waals surface area contributed by atoms with Gasteiger partial charge in [-0.1, -0.05) is 0 Å². The van der Waals surface area contributed by atoms with E-state index in [1.165, 1.54) is 0 Å². The Kier molecular flexibility index (Phi) is 6.17. The van der Waals surface area contributed by atoms with Crippen molar-refractivity contribution in [2.24, 2.45) is 0 Å². The monoisotopic (exact) mass is 261 g/mol. The summed E-state index contributed by atoms with van der Waals surface area (Å²) in [5, 5.41) is 8.56. The van der Waals surface area contributed by atoms with Crippen molar-refractivity contribution >= 4 is 10.0 Å². The normalized spacial score (nSPS) is 11.8. The summed E-state index contributed by atoms with van der Waals surface area (Å²) in [6.07, 6.45) is 6.99. The molecule has 0 bridgehead atoms. The predicted octanol–water partition coefficient (Wildman–Crippen LogP) is -0.0349. The molecule has 0 aliphatic rings. The molecule has 1 heterocycles. The molecule has 0 aliphatic heterocycles. The average Bonchev–Trinajstić information content (AvgIpc) is 2.77. The Balaban J connectivity index is 2.12. The van der Waals surface area contributed by atoms with Crippen LogP contribution in [-0.2, 0) is 16.6 Å². The third-order valence-electron chi connectivity index (χ3n) is 2.30. The van der Waals surface area contributed by atoms with Crippen molar-refractivity contribution in [2.45, 2.75) is 25.8 Å². The van der Waals surface area contributed by atoms with Crippen LogP contribution in [0.25, 0.3) is 0 Å². The van der Waals surface area contributed by atoms with Gasteiger partial charge in [0, 0.05) is 32.1 Å². The van der Waals surface area contributed by atoms with Gasteiger partial charge in [-0.2, -0.15) is 0 Å². The number of aliphatic hydroxyl groups excluding tert-OH is 1. The average molecular weight is 261 g/mol. The summed E-state index contributed by atoms with van der Waals surface area (Å²) in [4.78, 5) is 3.90. The number of nitrogens with one attached hydrogen (secondary N) is 1. The molecular formula is C10H19N3O3S. The van der Waals surface area contributed by atoms with Gasteiger partial charge in [-0.25, -0.2) is 18.1 Å². The zero-order valence-corrected chi connectivity index (χ0v) is 10.6. The van der Waals surface area contributed by atoms with Gasteiger partial charge in [0.2, 0.25) is 10.0 Å². The molecule has 0 unspecified atom stereocenters. The van der Waals surface area contributed by atoms with E-state index in [4.69, 9.17) is 5.11 Å². The second-order valence-electron chi connectivity index (χ2n) is 3.80. The van der Waals surface area contributed by atoms with Crippen LogP contribution in [0.2, 0.25) is 0 Å². The minimum absolute atomic E-state index is 0.0378. The van der Waals surface area contributed by atoms with Crippen LogP contribution in [0.15, 0.2) is 18.7 Å². The van der Waals surface area contributed by atoms with Crippen molar-refractivity contribution in [2.75, 3.05) is 18.9 Å². The number of rotatable bonds is 9. The number of aryl methyl sites for hydroxylation is 1. The van der Waals surface area contributed by atoms with Crippen molar-refractivity contribution in [1.29, 1.82) is 0 Å². The molecule has 0 amide bonds. The maximum atomic E-state index is 11.5. The molecule has 17 heavy (non-hydrogen) atoms. The van der Waals surface area contributed by atoms with Gasteiger partial charge in [-0.05, 0) is 19.3 Å². The van der Waals surface area contributed by atoms with Gasteiger partial charge >= 0.3 is 0 Å². The van der Waals surface area contributed by atoms with Crippen LogP contribution in [0.3, 0.4) is 0 Å². The summed E-state index contributed by atoms with van der Waals surface area (Å²) in [7, 11) is -3.18. The second kappa shape index (κ2) is 7.41. The number of hydrogen-bond acceptors (Lipinski definition) is 4. The Morgan fingerprint density at radius 1 is 1.29 bits per heavy atom. The van der Waals surface area contributed by atoms with Crippen LogP contribution in [-0.4, -0.2) is 42.0 Å². The van der Waals surface area contributed by atoms with Crippen LogP contribution < -0.4 is 4.72 Å². The van der Waals surface area contributed by atoms with E-state index in [1.807, 2.05) is 10.8 Å². The van der Waals surface area contributed by atoms with Gasteiger partial charge < -0.3 is 9.67 Å². The van der Waals surface area contributed by atoms with Crippen molar-refractivity contribution in [3.8, 4) is 0 Å².